The molecular formula is C11H6FN3O5. The molecule has 0 aliphatic rings. The molecule has 0 amide bonds. The van der Waals surface area contributed by atoms with Gasteiger partial charge in [-0.3, -0.25) is 14.9 Å². The monoisotopic (exact) mass is 279 g/mol. The number of aromatic nitrogens is 2. The van der Waals surface area contributed by atoms with Crippen molar-refractivity contribution in [1.29, 1.82) is 0 Å². The van der Waals surface area contributed by atoms with Crippen molar-refractivity contribution in [2.24, 2.45) is 0 Å². The molecular weight excluding hydrogens is 273 g/mol. The van der Waals surface area contributed by atoms with E-state index in [-0.39, 0.29) is 5.69 Å². The molecule has 0 saturated heterocycles. The molecule has 0 atom stereocenters. The van der Waals surface area contributed by atoms with E-state index < -0.39 is 33.5 Å². The number of nitro benzene ring substituents is 1. The Labute approximate surface area is 109 Å². The average molecular weight is 279 g/mol. The lowest BCUT2D eigenvalue weighted by atomic mass is 10.2. The maximum atomic E-state index is 13.0. The Kier molecular flexibility index (Phi) is 3.25. The number of hydrogen-bond acceptors (Lipinski definition) is 5. The van der Waals surface area contributed by atoms with Crippen LogP contribution in [-0.4, -0.2) is 25.8 Å². The predicted octanol–water partition coefficient (Wildman–Crippen LogP) is 0.978. The van der Waals surface area contributed by atoms with Crippen LogP contribution >= 0.6 is 0 Å². The fourth-order valence-corrected chi connectivity index (χ4v) is 1.53. The maximum absolute atomic E-state index is 13.0. The fraction of sp³-hybridized carbons (Fsp3) is 0. The van der Waals surface area contributed by atoms with Crippen LogP contribution in [0.3, 0.4) is 0 Å². The summed E-state index contributed by atoms with van der Waals surface area (Å²) in [6, 6.07) is 3.61. The van der Waals surface area contributed by atoms with E-state index in [2.05, 4.69) is 5.10 Å². The van der Waals surface area contributed by atoms with Crippen LogP contribution in [-0.2, 0) is 0 Å². The minimum atomic E-state index is -1.56. The highest BCUT2D eigenvalue weighted by Gasteiger charge is 2.18. The lowest BCUT2D eigenvalue weighted by molar-refractivity contribution is -0.384. The molecule has 20 heavy (non-hydrogen) atoms. The van der Waals surface area contributed by atoms with Crippen molar-refractivity contribution in [3.8, 4) is 5.69 Å². The van der Waals surface area contributed by atoms with Gasteiger partial charge in [0.25, 0.3) is 5.69 Å². The Morgan fingerprint density at radius 2 is 2.10 bits per heavy atom. The van der Waals surface area contributed by atoms with Crippen LogP contribution in [0.25, 0.3) is 5.69 Å². The number of aromatic carboxylic acids is 1. The van der Waals surface area contributed by atoms with E-state index in [4.69, 9.17) is 5.11 Å². The summed E-state index contributed by atoms with van der Waals surface area (Å²) < 4.78 is 13.9. The molecule has 9 heteroatoms. The number of halogens is 1. The van der Waals surface area contributed by atoms with Crippen LogP contribution < -0.4 is 5.43 Å². The van der Waals surface area contributed by atoms with Crippen molar-refractivity contribution in [2.75, 3.05) is 0 Å². The number of benzene rings is 1. The Bertz CT molecular complexity index is 771. The quantitative estimate of drug-likeness (QED) is 0.661. The maximum Gasteiger partial charge on any atom is 0.360 e. The van der Waals surface area contributed by atoms with Gasteiger partial charge in [0.05, 0.1) is 11.0 Å². The van der Waals surface area contributed by atoms with E-state index in [0.717, 1.165) is 29.1 Å². The zero-order chi connectivity index (χ0) is 14.9. The van der Waals surface area contributed by atoms with E-state index in [1.807, 2.05) is 0 Å². The molecule has 1 aromatic carbocycles. The zero-order valence-corrected chi connectivity index (χ0v) is 9.69. The highest BCUT2D eigenvalue weighted by Crippen LogP contribution is 2.22. The van der Waals surface area contributed by atoms with Crippen LogP contribution in [0.1, 0.15) is 10.5 Å². The second-order valence-corrected chi connectivity index (χ2v) is 3.67. The lowest BCUT2D eigenvalue weighted by Gasteiger charge is -2.06. The molecule has 0 saturated carbocycles. The topological polar surface area (TPSA) is 115 Å². The molecule has 0 fully saturated rings. The Balaban J connectivity index is 2.69. The minimum Gasteiger partial charge on any atom is -0.476 e. The summed E-state index contributed by atoms with van der Waals surface area (Å²) in [7, 11) is 0. The third-order valence-corrected chi connectivity index (χ3v) is 2.39. The van der Waals surface area contributed by atoms with Crippen molar-refractivity contribution >= 4 is 11.7 Å². The molecule has 0 radical (unpaired) electrons. The first-order valence-electron chi connectivity index (χ1n) is 5.18. The van der Waals surface area contributed by atoms with Gasteiger partial charge in [0.15, 0.2) is 0 Å². The smallest absolute Gasteiger partial charge is 0.360 e. The Hall–Kier alpha value is -3.10. The minimum absolute atomic E-state index is 0.154. The molecule has 0 bridgehead atoms. The first kappa shape index (κ1) is 13.3. The second kappa shape index (κ2) is 4.88. The fourth-order valence-electron chi connectivity index (χ4n) is 1.53. The highest BCUT2D eigenvalue weighted by molar-refractivity contribution is 5.84. The van der Waals surface area contributed by atoms with Gasteiger partial charge in [-0.1, -0.05) is 0 Å². The summed E-state index contributed by atoms with van der Waals surface area (Å²) >= 11 is 0. The number of nitro groups is 1. The van der Waals surface area contributed by atoms with Gasteiger partial charge in [-0.05, 0) is 12.1 Å². The summed E-state index contributed by atoms with van der Waals surface area (Å²) in [6.45, 7) is 0. The third-order valence-electron chi connectivity index (χ3n) is 2.39. The molecule has 1 heterocycles. The van der Waals surface area contributed by atoms with Gasteiger partial charge in [0.2, 0.25) is 11.1 Å². The van der Waals surface area contributed by atoms with E-state index in [1.54, 1.807) is 0 Å². The van der Waals surface area contributed by atoms with Crippen molar-refractivity contribution in [3.63, 3.8) is 0 Å². The Morgan fingerprint density at radius 3 is 2.70 bits per heavy atom. The van der Waals surface area contributed by atoms with Crippen LogP contribution in [0.15, 0.2) is 35.3 Å². The van der Waals surface area contributed by atoms with Crippen LogP contribution in [0.2, 0.25) is 0 Å². The average Bonchev–Trinajstić information content (AvgIpc) is 2.39. The number of rotatable bonds is 3. The van der Waals surface area contributed by atoms with E-state index >= 15 is 0 Å². The van der Waals surface area contributed by atoms with Gasteiger partial charge in [-0.15, -0.1) is 0 Å². The van der Waals surface area contributed by atoms with Crippen LogP contribution in [0, 0.1) is 15.9 Å². The standard InChI is InChI=1S/C11H6FN3O5/c12-6-1-2-7(8(5-6)15(19)20)14-4-3-9(16)10(13-14)11(17)18/h1-5H,(H,17,18). The number of carboxylic acids is 1. The van der Waals surface area contributed by atoms with E-state index in [9.17, 15) is 24.1 Å². The molecule has 0 aliphatic heterocycles. The predicted molar refractivity (Wildman–Crippen MR) is 63.4 cm³/mol. The largest absolute Gasteiger partial charge is 0.476 e. The van der Waals surface area contributed by atoms with Gasteiger partial charge in [-0.25, -0.2) is 13.9 Å². The third kappa shape index (κ3) is 2.36. The summed E-state index contributed by atoms with van der Waals surface area (Å²) in [5, 5.41) is 23.1. The van der Waals surface area contributed by atoms with Crippen molar-refractivity contribution in [3.05, 3.63) is 62.3 Å². The number of hydrogen-bond donors (Lipinski definition) is 1. The first-order chi connectivity index (χ1) is 9.40. The van der Waals surface area contributed by atoms with Gasteiger partial charge < -0.3 is 5.11 Å². The van der Waals surface area contributed by atoms with Gasteiger partial charge >= 0.3 is 5.97 Å². The van der Waals surface area contributed by atoms with Crippen molar-refractivity contribution < 1.29 is 19.2 Å². The first-order valence-corrected chi connectivity index (χ1v) is 5.18. The second-order valence-electron chi connectivity index (χ2n) is 3.67. The summed E-state index contributed by atoms with van der Waals surface area (Å²) in [5.41, 5.74) is -2.37. The Morgan fingerprint density at radius 1 is 1.40 bits per heavy atom. The number of carbonyl (C=O) groups is 1. The normalized spacial score (nSPS) is 10.2. The van der Waals surface area contributed by atoms with Gasteiger partial charge in [-0.2, -0.15) is 5.10 Å². The molecule has 2 rings (SSSR count). The lowest BCUT2D eigenvalue weighted by Crippen LogP contribution is -2.20. The molecule has 0 spiro atoms. The number of nitrogens with zero attached hydrogens (tertiary/aromatic N) is 3. The van der Waals surface area contributed by atoms with Crippen molar-refractivity contribution in [1.82, 2.24) is 9.78 Å². The molecule has 0 aliphatic carbocycles. The summed E-state index contributed by atoms with van der Waals surface area (Å²) in [4.78, 5) is 32.1. The highest BCUT2D eigenvalue weighted by atomic mass is 19.1. The van der Waals surface area contributed by atoms with Gasteiger partial charge in [0.1, 0.15) is 11.5 Å². The summed E-state index contributed by atoms with van der Waals surface area (Å²) in [5.74, 6) is -2.38. The molecule has 102 valence electrons. The SMILES string of the molecule is O=C(O)c1nn(-c2ccc(F)cc2[N+](=O)[O-])ccc1=O. The molecule has 0 unspecified atom stereocenters. The van der Waals surface area contributed by atoms with Crippen LogP contribution in [0.4, 0.5) is 10.1 Å². The zero-order valence-electron chi connectivity index (χ0n) is 9.69. The molecule has 1 aromatic heterocycles. The number of carboxylic acid groups (broad SMARTS) is 1. The van der Waals surface area contributed by atoms with Crippen LogP contribution in [0.5, 0.6) is 0 Å². The molecule has 8 nitrogen and oxygen atoms in total. The van der Waals surface area contributed by atoms with E-state index in [0.29, 0.717) is 6.07 Å². The van der Waals surface area contributed by atoms with E-state index in [1.165, 1.54) is 0 Å². The van der Waals surface area contributed by atoms with Gasteiger partial charge in [0, 0.05) is 12.3 Å². The molecule has 2 aromatic rings. The summed E-state index contributed by atoms with van der Waals surface area (Å²) in [6.07, 6.45) is 1.06. The molecule has 1 N–H and O–H groups in total. The van der Waals surface area contributed by atoms with Crippen molar-refractivity contribution in [2.45, 2.75) is 0 Å².